The van der Waals surface area contributed by atoms with Crippen LogP contribution in [0.4, 0.5) is 0 Å². The normalized spacial score (nSPS) is 14.7. The number of aromatic nitrogens is 5. The molecule has 0 spiro atoms. The maximum absolute atomic E-state index is 4.74. The highest BCUT2D eigenvalue weighted by Gasteiger charge is 2.17. The van der Waals surface area contributed by atoms with Gasteiger partial charge in [-0.25, -0.2) is 4.98 Å². The highest BCUT2D eigenvalue weighted by molar-refractivity contribution is 5.95. The highest BCUT2D eigenvalue weighted by Crippen LogP contribution is 2.32. The van der Waals surface area contributed by atoms with E-state index >= 15 is 0 Å². The summed E-state index contributed by atoms with van der Waals surface area (Å²) in [5, 5.41) is 12.5. The minimum atomic E-state index is 0.645. The van der Waals surface area contributed by atoms with Crippen molar-refractivity contribution in [1.82, 2.24) is 30.5 Å². The van der Waals surface area contributed by atoms with Crippen LogP contribution in [0.2, 0.25) is 0 Å². The van der Waals surface area contributed by atoms with Crippen molar-refractivity contribution in [3.8, 4) is 22.6 Å². The molecule has 0 bridgehead atoms. The average Bonchev–Trinajstić information content (AvgIpc) is 3.56. The lowest BCUT2D eigenvalue weighted by Crippen LogP contribution is -2.25. The van der Waals surface area contributed by atoms with Gasteiger partial charge in [-0.05, 0) is 60.7 Å². The molecular weight excluding hydrogens is 396 g/mol. The molecule has 0 aliphatic heterocycles. The summed E-state index contributed by atoms with van der Waals surface area (Å²) < 4.78 is 0. The molecule has 6 heteroatoms. The smallest absolute Gasteiger partial charge is 0.159 e. The number of H-pyrrole nitrogens is 2. The Morgan fingerprint density at radius 3 is 2.78 bits per heavy atom. The molecule has 0 amide bonds. The molecule has 1 aliphatic carbocycles. The van der Waals surface area contributed by atoms with E-state index in [4.69, 9.17) is 4.98 Å². The van der Waals surface area contributed by atoms with Crippen molar-refractivity contribution in [2.75, 3.05) is 0 Å². The Bertz CT molecular complexity index is 1370. The van der Waals surface area contributed by atoms with Crippen molar-refractivity contribution >= 4 is 21.9 Å². The number of aromatic amines is 2. The number of para-hydroxylation sites is 2. The molecule has 0 unspecified atom stereocenters. The largest absolute Gasteiger partial charge is 0.337 e. The lowest BCUT2D eigenvalue weighted by atomic mass is 9.97. The zero-order valence-electron chi connectivity index (χ0n) is 18.2. The van der Waals surface area contributed by atoms with Crippen molar-refractivity contribution < 1.29 is 0 Å². The zero-order chi connectivity index (χ0) is 21.5. The van der Waals surface area contributed by atoms with Gasteiger partial charge >= 0.3 is 0 Å². The molecule has 3 N–H and O–H groups in total. The van der Waals surface area contributed by atoms with Crippen LogP contribution in [0.25, 0.3) is 44.6 Å². The SMILES string of the molecule is Cc1c(CNC2CCCC2)cncc1-c1ccc2[nH]nc(-c3nc4ccccc4[nH]3)c2c1. The Morgan fingerprint density at radius 2 is 1.91 bits per heavy atom. The predicted molar refractivity (Wildman–Crippen MR) is 128 cm³/mol. The molecule has 0 radical (unpaired) electrons. The van der Waals surface area contributed by atoms with Gasteiger partial charge in [0.1, 0.15) is 5.69 Å². The van der Waals surface area contributed by atoms with Crippen molar-refractivity contribution in [2.45, 2.75) is 45.2 Å². The molecule has 2 aromatic carbocycles. The van der Waals surface area contributed by atoms with E-state index < -0.39 is 0 Å². The van der Waals surface area contributed by atoms with Crippen LogP contribution in [0.15, 0.2) is 54.9 Å². The van der Waals surface area contributed by atoms with Crippen LogP contribution >= 0.6 is 0 Å². The van der Waals surface area contributed by atoms with E-state index in [1.54, 1.807) is 0 Å². The predicted octanol–water partition coefficient (Wildman–Crippen LogP) is 5.51. The fourth-order valence-electron chi connectivity index (χ4n) is 4.85. The van der Waals surface area contributed by atoms with Gasteiger partial charge in [0.05, 0.1) is 16.6 Å². The molecule has 5 aromatic rings. The first-order valence-electron chi connectivity index (χ1n) is 11.4. The van der Waals surface area contributed by atoms with Crippen LogP contribution < -0.4 is 5.32 Å². The van der Waals surface area contributed by atoms with Crippen LogP contribution in [-0.4, -0.2) is 31.2 Å². The van der Waals surface area contributed by atoms with Crippen LogP contribution in [0.1, 0.15) is 36.8 Å². The van der Waals surface area contributed by atoms with E-state index in [1.807, 2.05) is 36.7 Å². The first-order chi connectivity index (χ1) is 15.8. The summed E-state index contributed by atoms with van der Waals surface area (Å²) in [6.45, 7) is 3.07. The Hall–Kier alpha value is -3.51. The zero-order valence-corrected chi connectivity index (χ0v) is 18.2. The second-order valence-electron chi connectivity index (χ2n) is 8.77. The van der Waals surface area contributed by atoms with Crippen molar-refractivity contribution in [3.05, 3.63) is 66.0 Å². The standard InChI is InChI=1S/C26H26N6/c1-16-18(14-28-19-6-2-3-7-19)13-27-15-21(16)17-10-11-22-20(12-17)25(32-31-22)26-29-23-8-4-5-9-24(23)30-26/h4-5,8-13,15,19,28H,2-3,6-7,14H2,1H3,(H,29,30)(H,31,32). The molecule has 6 nitrogen and oxygen atoms in total. The lowest BCUT2D eigenvalue weighted by Gasteiger charge is -2.15. The maximum Gasteiger partial charge on any atom is 0.159 e. The van der Waals surface area contributed by atoms with E-state index in [0.717, 1.165) is 51.1 Å². The molecular formula is C26H26N6. The molecule has 6 rings (SSSR count). The fourth-order valence-corrected chi connectivity index (χ4v) is 4.85. The number of hydrogen-bond donors (Lipinski definition) is 3. The van der Waals surface area contributed by atoms with Gasteiger partial charge in [0, 0.05) is 35.9 Å². The third-order valence-corrected chi connectivity index (χ3v) is 6.74. The van der Waals surface area contributed by atoms with Crippen LogP contribution in [0, 0.1) is 6.92 Å². The first-order valence-corrected chi connectivity index (χ1v) is 11.4. The van der Waals surface area contributed by atoms with E-state index in [9.17, 15) is 0 Å². The summed E-state index contributed by atoms with van der Waals surface area (Å²) in [4.78, 5) is 12.7. The molecule has 160 valence electrons. The van der Waals surface area contributed by atoms with E-state index in [1.165, 1.54) is 36.8 Å². The van der Waals surface area contributed by atoms with Crippen LogP contribution in [0.3, 0.4) is 0 Å². The van der Waals surface area contributed by atoms with Gasteiger partial charge in [0.2, 0.25) is 0 Å². The van der Waals surface area contributed by atoms with E-state index in [-0.39, 0.29) is 0 Å². The molecule has 3 aromatic heterocycles. The molecule has 32 heavy (non-hydrogen) atoms. The second-order valence-corrected chi connectivity index (χ2v) is 8.77. The van der Waals surface area contributed by atoms with Crippen LogP contribution in [0.5, 0.6) is 0 Å². The Morgan fingerprint density at radius 1 is 1.03 bits per heavy atom. The Kier molecular flexibility index (Phi) is 4.72. The van der Waals surface area contributed by atoms with Gasteiger partial charge < -0.3 is 10.3 Å². The molecule has 1 fully saturated rings. The summed E-state index contributed by atoms with van der Waals surface area (Å²) >= 11 is 0. The fraction of sp³-hybridized carbons (Fsp3) is 0.269. The molecule has 1 saturated carbocycles. The average molecular weight is 423 g/mol. The number of imidazole rings is 1. The molecule has 1 aliphatic rings. The summed E-state index contributed by atoms with van der Waals surface area (Å²) in [6, 6.07) is 15.1. The highest BCUT2D eigenvalue weighted by atomic mass is 15.1. The summed E-state index contributed by atoms with van der Waals surface area (Å²) in [5.41, 5.74) is 8.63. The van der Waals surface area contributed by atoms with Gasteiger partial charge in [0.25, 0.3) is 0 Å². The van der Waals surface area contributed by atoms with Crippen LogP contribution in [-0.2, 0) is 6.54 Å². The van der Waals surface area contributed by atoms with Crippen molar-refractivity contribution in [1.29, 1.82) is 0 Å². The summed E-state index contributed by atoms with van der Waals surface area (Å²) in [7, 11) is 0. The van der Waals surface area contributed by atoms with Gasteiger partial charge in [0.15, 0.2) is 5.82 Å². The van der Waals surface area contributed by atoms with E-state index in [0.29, 0.717) is 6.04 Å². The molecule has 0 saturated heterocycles. The van der Waals surface area contributed by atoms with Gasteiger partial charge in [-0.3, -0.25) is 10.1 Å². The Labute approximate surface area is 186 Å². The molecule has 3 heterocycles. The van der Waals surface area contributed by atoms with Crippen molar-refractivity contribution in [3.63, 3.8) is 0 Å². The first kappa shape index (κ1) is 19.2. The Balaban J connectivity index is 1.37. The van der Waals surface area contributed by atoms with Gasteiger partial charge in [-0.1, -0.05) is 31.0 Å². The van der Waals surface area contributed by atoms with E-state index in [2.05, 4.69) is 50.6 Å². The summed E-state index contributed by atoms with van der Waals surface area (Å²) in [5.74, 6) is 0.777. The number of rotatable bonds is 5. The number of benzene rings is 2. The van der Waals surface area contributed by atoms with Crippen molar-refractivity contribution in [2.24, 2.45) is 0 Å². The maximum atomic E-state index is 4.74. The number of nitrogens with one attached hydrogen (secondary N) is 3. The number of nitrogens with zero attached hydrogens (tertiary/aromatic N) is 3. The second kappa shape index (κ2) is 7.88. The lowest BCUT2D eigenvalue weighted by molar-refractivity contribution is 0.523. The third-order valence-electron chi connectivity index (χ3n) is 6.74. The van der Waals surface area contributed by atoms with Gasteiger partial charge in [-0.2, -0.15) is 5.10 Å². The number of fused-ring (bicyclic) bond motifs is 2. The topological polar surface area (TPSA) is 82.3 Å². The minimum Gasteiger partial charge on any atom is -0.337 e. The molecule has 0 atom stereocenters. The third kappa shape index (κ3) is 3.37. The number of hydrogen-bond acceptors (Lipinski definition) is 4. The number of pyridine rings is 1. The summed E-state index contributed by atoms with van der Waals surface area (Å²) in [6.07, 6.45) is 9.22. The minimum absolute atomic E-state index is 0.645. The van der Waals surface area contributed by atoms with Gasteiger partial charge in [-0.15, -0.1) is 0 Å². The quantitative estimate of drug-likeness (QED) is 0.349. The monoisotopic (exact) mass is 422 g/mol.